The topological polar surface area (TPSA) is 35.8 Å². The van der Waals surface area contributed by atoms with E-state index in [9.17, 15) is 5.26 Å². The fourth-order valence-electron chi connectivity index (χ4n) is 3.36. The van der Waals surface area contributed by atoms with Gasteiger partial charge >= 0.3 is 0 Å². The summed E-state index contributed by atoms with van der Waals surface area (Å²) >= 11 is 0. The van der Waals surface area contributed by atoms with Crippen LogP contribution in [-0.4, -0.2) is 5.54 Å². The molecule has 0 spiro atoms. The average Bonchev–Trinajstić information content (AvgIpc) is 2.46. The van der Waals surface area contributed by atoms with Crippen molar-refractivity contribution in [3.63, 3.8) is 0 Å². The van der Waals surface area contributed by atoms with E-state index in [4.69, 9.17) is 0 Å². The Bertz CT molecular complexity index is 432. The molecule has 0 heterocycles. The number of benzene rings is 1. The second kappa shape index (κ2) is 6.21. The monoisotopic (exact) mass is 256 g/mol. The molecule has 1 fully saturated rings. The zero-order valence-corrected chi connectivity index (χ0v) is 12.0. The molecule has 0 saturated heterocycles. The number of rotatable bonds is 4. The predicted octanol–water partition coefficient (Wildman–Crippen LogP) is 3.88. The van der Waals surface area contributed by atoms with E-state index in [2.05, 4.69) is 49.5 Å². The summed E-state index contributed by atoms with van der Waals surface area (Å²) in [5, 5.41) is 13.3. The van der Waals surface area contributed by atoms with Crippen molar-refractivity contribution in [3.05, 3.63) is 35.9 Å². The van der Waals surface area contributed by atoms with Gasteiger partial charge < -0.3 is 0 Å². The Labute approximate surface area is 116 Å². The van der Waals surface area contributed by atoms with Crippen molar-refractivity contribution in [1.29, 1.82) is 5.26 Å². The highest BCUT2D eigenvalue weighted by molar-refractivity contribution is 5.18. The average molecular weight is 256 g/mol. The number of nitriles is 1. The van der Waals surface area contributed by atoms with Crippen LogP contribution in [0.5, 0.6) is 0 Å². The van der Waals surface area contributed by atoms with Crippen molar-refractivity contribution in [1.82, 2.24) is 5.32 Å². The van der Waals surface area contributed by atoms with Crippen LogP contribution < -0.4 is 5.32 Å². The van der Waals surface area contributed by atoms with Gasteiger partial charge in [-0.05, 0) is 30.2 Å². The number of nitrogens with one attached hydrogen (secondary N) is 1. The van der Waals surface area contributed by atoms with Crippen molar-refractivity contribution in [2.45, 2.75) is 51.6 Å². The largest absolute Gasteiger partial charge is 0.295 e. The fourth-order valence-corrected chi connectivity index (χ4v) is 3.36. The van der Waals surface area contributed by atoms with Crippen LogP contribution in [0.4, 0.5) is 0 Å². The first-order valence-electron chi connectivity index (χ1n) is 7.38. The Morgan fingerprint density at radius 1 is 1.32 bits per heavy atom. The minimum Gasteiger partial charge on any atom is -0.295 e. The molecule has 0 radical (unpaired) electrons. The lowest BCUT2D eigenvalue weighted by Crippen LogP contribution is -2.53. The van der Waals surface area contributed by atoms with E-state index >= 15 is 0 Å². The third kappa shape index (κ3) is 3.16. The van der Waals surface area contributed by atoms with Gasteiger partial charge in [0, 0.05) is 6.54 Å². The Morgan fingerprint density at radius 2 is 2.05 bits per heavy atom. The maximum Gasteiger partial charge on any atom is 0.110 e. The SMILES string of the molecule is CC(C)C1CCCCC1(C#N)NCc1ccccc1. The molecule has 0 amide bonds. The molecular weight excluding hydrogens is 232 g/mol. The van der Waals surface area contributed by atoms with Gasteiger partial charge in [0.2, 0.25) is 0 Å². The van der Waals surface area contributed by atoms with Gasteiger partial charge in [-0.25, -0.2) is 0 Å². The highest BCUT2D eigenvalue weighted by atomic mass is 15.0. The van der Waals surface area contributed by atoms with Crippen LogP contribution in [0.3, 0.4) is 0 Å². The van der Waals surface area contributed by atoms with Crippen LogP contribution in [0.1, 0.15) is 45.1 Å². The maximum atomic E-state index is 9.73. The Hall–Kier alpha value is -1.33. The van der Waals surface area contributed by atoms with E-state index < -0.39 is 0 Å². The van der Waals surface area contributed by atoms with Gasteiger partial charge in [-0.3, -0.25) is 5.32 Å². The van der Waals surface area contributed by atoms with E-state index in [0.29, 0.717) is 11.8 Å². The van der Waals surface area contributed by atoms with Crippen LogP contribution in [0, 0.1) is 23.2 Å². The van der Waals surface area contributed by atoms with E-state index in [1.165, 1.54) is 24.8 Å². The first kappa shape index (κ1) is 14.1. The fraction of sp³-hybridized carbons (Fsp3) is 0.588. The first-order valence-corrected chi connectivity index (χ1v) is 7.38. The summed E-state index contributed by atoms with van der Waals surface area (Å²) in [6.45, 7) is 5.27. The van der Waals surface area contributed by atoms with Crippen LogP contribution in [0.15, 0.2) is 30.3 Å². The summed E-state index contributed by atoms with van der Waals surface area (Å²) in [4.78, 5) is 0. The maximum absolute atomic E-state index is 9.73. The van der Waals surface area contributed by atoms with Gasteiger partial charge in [0.15, 0.2) is 0 Å². The highest BCUT2D eigenvalue weighted by Gasteiger charge is 2.42. The Kier molecular flexibility index (Phi) is 4.61. The summed E-state index contributed by atoms with van der Waals surface area (Å²) in [5.74, 6) is 1.03. The van der Waals surface area contributed by atoms with Crippen molar-refractivity contribution >= 4 is 0 Å². The van der Waals surface area contributed by atoms with E-state index in [1.807, 2.05) is 6.07 Å². The molecule has 1 aliphatic carbocycles. The Balaban J connectivity index is 2.10. The van der Waals surface area contributed by atoms with Crippen molar-refractivity contribution in [2.24, 2.45) is 11.8 Å². The second-order valence-electron chi connectivity index (χ2n) is 6.02. The van der Waals surface area contributed by atoms with Crippen molar-refractivity contribution in [2.75, 3.05) is 0 Å². The van der Waals surface area contributed by atoms with Crippen molar-refractivity contribution in [3.8, 4) is 6.07 Å². The van der Waals surface area contributed by atoms with E-state index in [-0.39, 0.29) is 5.54 Å². The van der Waals surface area contributed by atoms with Gasteiger partial charge in [-0.1, -0.05) is 57.0 Å². The van der Waals surface area contributed by atoms with Crippen LogP contribution in [0.2, 0.25) is 0 Å². The normalized spacial score (nSPS) is 27.2. The van der Waals surface area contributed by atoms with Crippen LogP contribution >= 0.6 is 0 Å². The molecule has 2 heteroatoms. The van der Waals surface area contributed by atoms with Gasteiger partial charge in [0.1, 0.15) is 5.54 Å². The molecule has 1 saturated carbocycles. The molecule has 1 aromatic rings. The van der Waals surface area contributed by atoms with E-state index in [1.54, 1.807) is 0 Å². The molecule has 0 aromatic heterocycles. The summed E-state index contributed by atoms with van der Waals surface area (Å²) in [5.41, 5.74) is 0.924. The standard InChI is InChI=1S/C17H24N2/c1-14(2)16-10-6-7-11-17(16,13-18)19-12-15-8-4-3-5-9-15/h3-5,8-9,14,16,19H,6-7,10-12H2,1-2H3. The highest BCUT2D eigenvalue weighted by Crippen LogP contribution is 2.38. The molecule has 1 aromatic carbocycles. The van der Waals surface area contributed by atoms with Crippen LogP contribution in [-0.2, 0) is 6.54 Å². The lowest BCUT2D eigenvalue weighted by molar-refractivity contribution is 0.148. The summed E-state index contributed by atoms with van der Waals surface area (Å²) < 4.78 is 0. The van der Waals surface area contributed by atoms with Gasteiger partial charge in [0.25, 0.3) is 0 Å². The zero-order valence-electron chi connectivity index (χ0n) is 12.0. The molecule has 0 bridgehead atoms. The molecule has 1 N–H and O–H groups in total. The number of hydrogen-bond acceptors (Lipinski definition) is 2. The summed E-state index contributed by atoms with van der Waals surface area (Å²) in [7, 11) is 0. The molecule has 2 rings (SSSR count). The minimum atomic E-state index is -0.331. The number of nitrogens with zero attached hydrogens (tertiary/aromatic N) is 1. The molecular formula is C17H24N2. The smallest absolute Gasteiger partial charge is 0.110 e. The molecule has 19 heavy (non-hydrogen) atoms. The summed E-state index contributed by atoms with van der Waals surface area (Å²) in [6, 6.07) is 13.0. The summed E-state index contributed by atoms with van der Waals surface area (Å²) in [6.07, 6.45) is 4.59. The van der Waals surface area contributed by atoms with Gasteiger partial charge in [-0.2, -0.15) is 5.26 Å². The Morgan fingerprint density at radius 3 is 2.68 bits per heavy atom. The molecule has 102 valence electrons. The van der Waals surface area contributed by atoms with Crippen molar-refractivity contribution < 1.29 is 0 Å². The predicted molar refractivity (Wildman–Crippen MR) is 78.4 cm³/mol. The third-order valence-corrected chi connectivity index (χ3v) is 4.42. The number of hydrogen-bond donors (Lipinski definition) is 1. The second-order valence-corrected chi connectivity index (χ2v) is 6.02. The van der Waals surface area contributed by atoms with E-state index in [0.717, 1.165) is 13.0 Å². The lowest BCUT2D eigenvalue weighted by Gasteiger charge is -2.42. The molecule has 2 nitrogen and oxygen atoms in total. The molecule has 2 atom stereocenters. The lowest BCUT2D eigenvalue weighted by atomic mass is 9.68. The molecule has 1 aliphatic rings. The van der Waals surface area contributed by atoms with Gasteiger partial charge in [0.05, 0.1) is 6.07 Å². The third-order valence-electron chi connectivity index (χ3n) is 4.42. The zero-order chi connectivity index (χ0) is 13.7. The van der Waals surface area contributed by atoms with Gasteiger partial charge in [-0.15, -0.1) is 0 Å². The van der Waals surface area contributed by atoms with Crippen LogP contribution in [0.25, 0.3) is 0 Å². The first-order chi connectivity index (χ1) is 9.18. The molecule has 2 unspecified atom stereocenters. The minimum absolute atomic E-state index is 0.331. The molecule has 0 aliphatic heterocycles. The quantitative estimate of drug-likeness (QED) is 0.887.